The summed E-state index contributed by atoms with van der Waals surface area (Å²) in [7, 11) is 5.18. The average Bonchev–Trinajstić information content (AvgIpc) is 2.32. The number of rotatable bonds is 7. The van der Waals surface area contributed by atoms with Gasteiger partial charge in [-0.2, -0.15) is 0 Å². The second-order valence-corrected chi connectivity index (χ2v) is 4.33. The van der Waals surface area contributed by atoms with Gasteiger partial charge in [-0.3, -0.25) is 0 Å². The fourth-order valence-electron chi connectivity index (χ4n) is 1.45. The van der Waals surface area contributed by atoms with E-state index in [1.807, 2.05) is 19.2 Å². The summed E-state index contributed by atoms with van der Waals surface area (Å²) in [5, 5.41) is 3.10. The number of halogens is 1. The summed E-state index contributed by atoms with van der Waals surface area (Å²) >= 11 is 3.49. The van der Waals surface area contributed by atoms with E-state index in [1.54, 1.807) is 14.2 Å². The molecule has 5 heteroatoms. The highest BCUT2D eigenvalue weighted by atomic mass is 79.9. The first-order valence-corrected chi connectivity index (χ1v) is 6.15. The molecule has 0 unspecified atom stereocenters. The Labute approximate surface area is 110 Å². The van der Waals surface area contributed by atoms with Crippen molar-refractivity contribution in [3.8, 4) is 11.5 Å². The van der Waals surface area contributed by atoms with E-state index < -0.39 is 0 Å². The molecule has 0 bridgehead atoms. The van der Waals surface area contributed by atoms with Gasteiger partial charge >= 0.3 is 0 Å². The highest BCUT2D eigenvalue weighted by molar-refractivity contribution is 9.10. The standard InChI is InChI=1S/C12H18BrNO3/c1-14-8-9-6-10(13)12(11(7-9)16-3)17-5-4-15-2/h6-7,14H,4-5,8H2,1-3H3. The molecule has 17 heavy (non-hydrogen) atoms. The Morgan fingerprint density at radius 3 is 2.59 bits per heavy atom. The Morgan fingerprint density at radius 1 is 1.24 bits per heavy atom. The topological polar surface area (TPSA) is 39.7 Å². The molecule has 1 rings (SSSR count). The molecule has 0 saturated heterocycles. The molecular weight excluding hydrogens is 286 g/mol. The maximum Gasteiger partial charge on any atom is 0.175 e. The molecule has 0 aromatic heterocycles. The van der Waals surface area contributed by atoms with Crippen LogP contribution in [0.3, 0.4) is 0 Å². The summed E-state index contributed by atoms with van der Waals surface area (Å²) in [6.45, 7) is 1.83. The summed E-state index contributed by atoms with van der Waals surface area (Å²) in [6.07, 6.45) is 0. The fraction of sp³-hybridized carbons (Fsp3) is 0.500. The van der Waals surface area contributed by atoms with Crippen molar-refractivity contribution in [3.63, 3.8) is 0 Å². The summed E-state index contributed by atoms with van der Waals surface area (Å²) < 4.78 is 16.8. The number of benzene rings is 1. The number of ether oxygens (including phenoxy) is 3. The lowest BCUT2D eigenvalue weighted by molar-refractivity contribution is 0.143. The summed E-state index contributed by atoms with van der Waals surface area (Å²) in [4.78, 5) is 0. The largest absolute Gasteiger partial charge is 0.493 e. The minimum atomic E-state index is 0.497. The molecule has 96 valence electrons. The van der Waals surface area contributed by atoms with E-state index in [0.717, 1.165) is 22.3 Å². The molecule has 0 saturated carbocycles. The first-order valence-electron chi connectivity index (χ1n) is 5.35. The Morgan fingerprint density at radius 2 is 2.00 bits per heavy atom. The molecule has 4 nitrogen and oxygen atoms in total. The predicted octanol–water partition coefficient (Wildman–Crippen LogP) is 2.20. The minimum Gasteiger partial charge on any atom is -0.493 e. The lowest BCUT2D eigenvalue weighted by Crippen LogP contribution is -2.08. The smallest absolute Gasteiger partial charge is 0.175 e. The molecule has 0 aliphatic rings. The first kappa shape index (κ1) is 14.3. The Hall–Kier alpha value is -0.780. The van der Waals surface area contributed by atoms with Crippen LogP contribution in [0.5, 0.6) is 11.5 Å². The van der Waals surface area contributed by atoms with Gasteiger partial charge in [-0.05, 0) is 40.7 Å². The van der Waals surface area contributed by atoms with Gasteiger partial charge in [0.2, 0.25) is 0 Å². The molecule has 1 N–H and O–H groups in total. The van der Waals surface area contributed by atoms with Crippen LogP contribution in [0.25, 0.3) is 0 Å². The second-order valence-electron chi connectivity index (χ2n) is 3.48. The third-order valence-electron chi connectivity index (χ3n) is 2.20. The van der Waals surface area contributed by atoms with Crippen molar-refractivity contribution in [1.82, 2.24) is 5.32 Å². The van der Waals surface area contributed by atoms with Crippen LogP contribution in [0.4, 0.5) is 0 Å². The average molecular weight is 304 g/mol. The van der Waals surface area contributed by atoms with Crippen LogP contribution in [0.1, 0.15) is 5.56 Å². The lowest BCUT2D eigenvalue weighted by Gasteiger charge is -2.14. The van der Waals surface area contributed by atoms with Crippen LogP contribution in [0.2, 0.25) is 0 Å². The molecule has 0 aliphatic heterocycles. The summed E-state index contributed by atoms with van der Waals surface area (Å²) in [5.41, 5.74) is 1.13. The molecule has 0 heterocycles. The van der Waals surface area contributed by atoms with Gasteiger partial charge in [0.05, 0.1) is 18.2 Å². The molecule has 0 fully saturated rings. The highest BCUT2D eigenvalue weighted by Gasteiger charge is 2.11. The Balaban J connectivity index is 2.87. The van der Waals surface area contributed by atoms with Crippen molar-refractivity contribution >= 4 is 15.9 Å². The monoisotopic (exact) mass is 303 g/mol. The van der Waals surface area contributed by atoms with E-state index in [2.05, 4.69) is 21.2 Å². The molecule has 1 aromatic carbocycles. The Kier molecular flexibility index (Phi) is 6.32. The van der Waals surface area contributed by atoms with E-state index in [0.29, 0.717) is 19.0 Å². The van der Waals surface area contributed by atoms with Crippen molar-refractivity contribution in [1.29, 1.82) is 0 Å². The van der Waals surface area contributed by atoms with E-state index >= 15 is 0 Å². The van der Waals surface area contributed by atoms with E-state index in [1.165, 1.54) is 0 Å². The zero-order valence-corrected chi connectivity index (χ0v) is 12.0. The second kappa shape index (κ2) is 7.53. The zero-order chi connectivity index (χ0) is 12.7. The molecule has 0 radical (unpaired) electrons. The summed E-state index contributed by atoms with van der Waals surface area (Å²) in [6, 6.07) is 3.98. The van der Waals surface area contributed by atoms with Gasteiger partial charge in [0.15, 0.2) is 11.5 Å². The first-order chi connectivity index (χ1) is 8.22. The van der Waals surface area contributed by atoms with Gasteiger partial charge in [0.1, 0.15) is 6.61 Å². The number of hydrogen-bond donors (Lipinski definition) is 1. The van der Waals surface area contributed by atoms with Crippen LogP contribution in [-0.2, 0) is 11.3 Å². The van der Waals surface area contributed by atoms with Gasteiger partial charge < -0.3 is 19.5 Å². The minimum absolute atomic E-state index is 0.497. The quantitative estimate of drug-likeness (QED) is 0.784. The molecule has 0 spiro atoms. The molecule has 0 aliphatic carbocycles. The Bertz CT molecular complexity index is 358. The molecule has 0 atom stereocenters. The van der Waals surface area contributed by atoms with Crippen molar-refractivity contribution < 1.29 is 14.2 Å². The van der Waals surface area contributed by atoms with Gasteiger partial charge in [0.25, 0.3) is 0 Å². The van der Waals surface area contributed by atoms with E-state index in [4.69, 9.17) is 14.2 Å². The normalized spacial score (nSPS) is 10.4. The lowest BCUT2D eigenvalue weighted by atomic mass is 10.2. The third-order valence-corrected chi connectivity index (χ3v) is 2.79. The van der Waals surface area contributed by atoms with Gasteiger partial charge in [-0.15, -0.1) is 0 Å². The van der Waals surface area contributed by atoms with Crippen LogP contribution in [-0.4, -0.2) is 34.5 Å². The van der Waals surface area contributed by atoms with E-state index in [9.17, 15) is 0 Å². The van der Waals surface area contributed by atoms with Crippen LogP contribution < -0.4 is 14.8 Å². The van der Waals surface area contributed by atoms with Crippen molar-refractivity contribution in [2.24, 2.45) is 0 Å². The summed E-state index contributed by atoms with van der Waals surface area (Å²) in [5.74, 6) is 1.44. The SMILES string of the molecule is CNCc1cc(Br)c(OCCOC)c(OC)c1. The van der Waals surface area contributed by atoms with Gasteiger partial charge in [-0.25, -0.2) is 0 Å². The molecular formula is C12H18BrNO3. The van der Waals surface area contributed by atoms with Crippen LogP contribution in [0.15, 0.2) is 16.6 Å². The zero-order valence-electron chi connectivity index (χ0n) is 10.4. The maximum absolute atomic E-state index is 5.62. The number of hydrogen-bond acceptors (Lipinski definition) is 4. The number of nitrogens with one attached hydrogen (secondary N) is 1. The van der Waals surface area contributed by atoms with Crippen LogP contribution in [0, 0.1) is 0 Å². The maximum atomic E-state index is 5.62. The van der Waals surface area contributed by atoms with Crippen molar-refractivity contribution in [3.05, 3.63) is 22.2 Å². The molecule has 0 amide bonds. The predicted molar refractivity (Wildman–Crippen MR) is 70.8 cm³/mol. The fourth-order valence-corrected chi connectivity index (χ4v) is 2.05. The highest BCUT2D eigenvalue weighted by Crippen LogP contribution is 2.36. The number of methoxy groups -OCH3 is 2. The van der Waals surface area contributed by atoms with Crippen molar-refractivity contribution in [2.45, 2.75) is 6.54 Å². The van der Waals surface area contributed by atoms with E-state index in [-0.39, 0.29) is 0 Å². The molecule has 1 aromatic rings. The van der Waals surface area contributed by atoms with Crippen LogP contribution >= 0.6 is 15.9 Å². The van der Waals surface area contributed by atoms with Gasteiger partial charge in [-0.1, -0.05) is 0 Å². The van der Waals surface area contributed by atoms with Crippen molar-refractivity contribution in [2.75, 3.05) is 34.5 Å². The van der Waals surface area contributed by atoms with Gasteiger partial charge in [0, 0.05) is 13.7 Å². The third kappa shape index (κ3) is 4.18.